The molecule has 0 aromatic rings. The number of hydrogen-bond donors (Lipinski definition) is 1. The highest BCUT2D eigenvalue weighted by molar-refractivity contribution is 5.71. The van der Waals surface area contributed by atoms with Gasteiger partial charge in [-0.3, -0.25) is 10.7 Å². The Morgan fingerprint density at radius 2 is 2.33 bits per heavy atom. The highest BCUT2D eigenvalue weighted by Gasteiger charge is 2.09. The molecule has 68 valence electrons. The van der Waals surface area contributed by atoms with Gasteiger partial charge in [0.05, 0.1) is 0 Å². The van der Waals surface area contributed by atoms with E-state index in [1.165, 1.54) is 0 Å². The molecule has 1 rings (SSSR count). The maximum Gasteiger partial charge on any atom is 0.173 e. The van der Waals surface area contributed by atoms with E-state index in [0.717, 1.165) is 18.9 Å². The van der Waals surface area contributed by atoms with Crippen LogP contribution in [-0.2, 0) is 0 Å². The number of nitrogens with zero attached hydrogens (tertiary/aromatic N) is 2. The van der Waals surface area contributed by atoms with Crippen molar-refractivity contribution in [3.05, 3.63) is 12.3 Å². The summed E-state index contributed by atoms with van der Waals surface area (Å²) in [6, 6.07) is 0. The monoisotopic (exact) mass is 167 g/mol. The van der Waals surface area contributed by atoms with Crippen molar-refractivity contribution in [3.63, 3.8) is 0 Å². The highest BCUT2D eigenvalue weighted by atomic mass is 15.3. The van der Waals surface area contributed by atoms with E-state index in [1.807, 2.05) is 12.3 Å². The fraction of sp³-hybridized carbons (Fsp3) is 0.667. The Balaban J connectivity index is 2.32. The van der Waals surface area contributed by atoms with Crippen molar-refractivity contribution in [2.45, 2.75) is 26.6 Å². The summed E-state index contributed by atoms with van der Waals surface area (Å²) in [5.41, 5.74) is 5.74. The van der Waals surface area contributed by atoms with Crippen molar-refractivity contribution in [3.8, 4) is 0 Å². The average Bonchev–Trinajstić information content (AvgIpc) is 2.03. The van der Waals surface area contributed by atoms with Gasteiger partial charge in [0, 0.05) is 19.0 Å². The van der Waals surface area contributed by atoms with E-state index < -0.39 is 0 Å². The van der Waals surface area contributed by atoms with Crippen LogP contribution in [0.25, 0.3) is 0 Å². The molecule has 12 heavy (non-hydrogen) atoms. The van der Waals surface area contributed by atoms with Crippen LogP contribution in [0.5, 0.6) is 0 Å². The molecule has 0 amide bonds. The summed E-state index contributed by atoms with van der Waals surface area (Å²) in [4.78, 5) is 6.14. The third-order valence-corrected chi connectivity index (χ3v) is 1.91. The zero-order chi connectivity index (χ0) is 8.97. The van der Waals surface area contributed by atoms with Crippen LogP contribution in [-0.4, -0.2) is 23.9 Å². The molecular formula is C9H17N3. The Hall–Kier alpha value is -0.830. The minimum absolute atomic E-state index is 0.172. The Bertz CT molecular complexity index is 184. The molecule has 0 saturated heterocycles. The Morgan fingerprint density at radius 3 is 2.92 bits per heavy atom. The van der Waals surface area contributed by atoms with Crippen LogP contribution >= 0.6 is 0 Å². The first-order valence-electron chi connectivity index (χ1n) is 4.41. The molecule has 0 aromatic heterocycles. The van der Waals surface area contributed by atoms with E-state index in [2.05, 4.69) is 23.7 Å². The summed E-state index contributed by atoms with van der Waals surface area (Å²) in [6.07, 6.45) is 6.65. The molecule has 0 bridgehead atoms. The molecule has 0 aromatic carbocycles. The lowest BCUT2D eigenvalue weighted by molar-refractivity contribution is 0.270. The first-order chi connectivity index (χ1) is 5.70. The molecule has 3 nitrogen and oxygen atoms in total. The van der Waals surface area contributed by atoms with E-state index >= 15 is 0 Å². The summed E-state index contributed by atoms with van der Waals surface area (Å²) in [5, 5.41) is 0. The van der Waals surface area contributed by atoms with Crippen LogP contribution in [0.2, 0.25) is 0 Å². The predicted molar refractivity (Wildman–Crippen MR) is 51.8 cm³/mol. The third kappa shape index (κ3) is 2.66. The first-order valence-corrected chi connectivity index (χ1v) is 4.41. The molecule has 0 aliphatic carbocycles. The van der Waals surface area contributed by atoms with E-state index in [-0.39, 0.29) is 6.29 Å². The van der Waals surface area contributed by atoms with E-state index in [4.69, 9.17) is 5.73 Å². The lowest BCUT2D eigenvalue weighted by Crippen LogP contribution is -2.39. The highest BCUT2D eigenvalue weighted by Crippen LogP contribution is 2.06. The number of rotatable bonds is 3. The SMILES string of the molecule is CC(C)CCN1C=CC=NC1N. The number of aliphatic imine (C=N–C) groups is 1. The third-order valence-electron chi connectivity index (χ3n) is 1.91. The molecule has 0 saturated carbocycles. The molecule has 1 aliphatic rings. The molecule has 0 fully saturated rings. The summed E-state index contributed by atoms with van der Waals surface area (Å²) in [7, 11) is 0. The van der Waals surface area contributed by atoms with Gasteiger partial charge in [0.15, 0.2) is 6.29 Å². The van der Waals surface area contributed by atoms with Gasteiger partial charge in [0.25, 0.3) is 0 Å². The lowest BCUT2D eigenvalue weighted by atomic mass is 10.1. The van der Waals surface area contributed by atoms with Crippen molar-refractivity contribution >= 4 is 6.21 Å². The lowest BCUT2D eigenvalue weighted by Gasteiger charge is -2.26. The van der Waals surface area contributed by atoms with Gasteiger partial charge in [-0.05, 0) is 18.4 Å². The van der Waals surface area contributed by atoms with Crippen molar-refractivity contribution in [2.24, 2.45) is 16.6 Å². The average molecular weight is 167 g/mol. The van der Waals surface area contributed by atoms with Gasteiger partial charge < -0.3 is 4.90 Å². The van der Waals surface area contributed by atoms with Crippen molar-refractivity contribution in [1.82, 2.24) is 4.90 Å². The summed E-state index contributed by atoms with van der Waals surface area (Å²) in [5.74, 6) is 0.719. The van der Waals surface area contributed by atoms with Crippen LogP contribution in [0.3, 0.4) is 0 Å². The second-order valence-electron chi connectivity index (χ2n) is 3.47. The van der Waals surface area contributed by atoms with Crippen LogP contribution in [0.4, 0.5) is 0 Å². The van der Waals surface area contributed by atoms with Gasteiger partial charge in [-0.25, -0.2) is 0 Å². The molecule has 3 heteroatoms. The normalized spacial score (nSPS) is 22.3. The molecule has 2 N–H and O–H groups in total. The van der Waals surface area contributed by atoms with Gasteiger partial charge in [-0.15, -0.1) is 0 Å². The van der Waals surface area contributed by atoms with Crippen LogP contribution < -0.4 is 5.73 Å². The number of hydrogen-bond acceptors (Lipinski definition) is 3. The second kappa shape index (κ2) is 4.26. The van der Waals surface area contributed by atoms with Gasteiger partial charge in [-0.1, -0.05) is 13.8 Å². The summed E-state index contributed by atoms with van der Waals surface area (Å²) < 4.78 is 0. The smallest absolute Gasteiger partial charge is 0.173 e. The molecule has 1 aliphatic heterocycles. The maximum atomic E-state index is 5.74. The largest absolute Gasteiger partial charge is 0.344 e. The standard InChI is InChI=1S/C9H17N3/c1-8(2)4-7-12-6-3-5-11-9(12)10/h3,5-6,8-9H,4,7,10H2,1-2H3. The van der Waals surface area contributed by atoms with Gasteiger partial charge >= 0.3 is 0 Å². The minimum atomic E-state index is -0.172. The first kappa shape index (κ1) is 9.26. The second-order valence-corrected chi connectivity index (χ2v) is 3.47. The van der Waals surface area contributed by atoms with Crippen LogP contribution in [0, 0.1) is 5.92 Å². The molecule has 1 heterocycles. The minimum Gasteiger partial charge on any atom is -0.344 e. The van der Waals surface area contributed by atoms with Gasteiger partial charge in [0.1, 0.15) is 0 Å². The van der Waals surface area contributed by atoms with Crippen molar-refractivity contribution < 1.29 is 0 Å². The zero-order valence-corrected chi connectivity index (χ0v) is 7.77. The van der Waals surface area contributed by atoms with E-state index in [1.54, 1.807) is 6.21 Å². The van der Waals surface area contributed by atoms with Crippen molar-refractivity contribution in [2.75, 3.05) is 6.54 Å². The number of nitrogens with two attached hydrogens (primary N) is 1. The fourth-order valence-corrected chi connectivity index (χ4v) is 1.07. The van der Waals surface area contributed by atoms with E-state index in [9.17, 15) is 0 Å². The molecule has 1 atom stereocenters. The number of allylic oxidation sites excluding steroid dienone is 1. The Kier molecular flexibility index (Phi) is 3.29. The maximum absolute atomic E-state index is 5.74. The van der Waals surface area contributed by atoms with Crippen LogP contribution in [0.15, 0.2) is 17.3 Å². The topological polar surface area (TPSA) is 41.6 Å². The Labute approximate surface area is 74.0 Å². The summed E-state index contributed by atoms with van der Waals surface area (Å²) in [6.45, 7) is 5.41. The molecule has 1 unspecified atom stereocenters. The van der Waals surface area contributed by atoms with Gasteiger partial charge in [-0.2, -0.15) is 0 Å². The predicted octanol–water partition coefficient (Wildman–Crippen LogP) is 1.17. The fourth-order valence-electron chi connectivity index (χ4n) is 1.07. The van der Waals surface area contributed by atoms with E-state index in [0.29, 0.717) is 0 Å². The molecular weight excluding hydrogens is 150 g/mol. The molecule has 0 radical (unpaired) electrons. The summed E-state index contributed by atoms with van der Waals surface area (Å²) >= 11 is 0. The molecule has 0 spiro atoms. The Morgan fingerprint density at radius 1 is 1.58 bits per heavy atom. The van der Waals surface area contributed by atoms with Crippen molar-refractivity contribution in [1.29, 1.82) is 0 Å². The van der Waals surface area contributed by atoms with Gasteiger partial charge in [0.2, 0.25) is 0 Å². The zero-order valence-electron chi connectivity index (χ0n) is 7.77. The quantitative estimate of drug-likeness (QED) is 0.685. The van der Waals surface area contributed by atoms with Crippen LogP contribution in [0.1, 0.15) is 20.3 Å².